The lowest BCUT2D eigenvalue weighted by Crippen LogP contribution is -2.37. The van der Waals surface area contributed by atoms with Gasteiger partial charge in [-0.3, -0.25) is 18.6 Å². The van der Waals surface area contributed by atoms with Gasteiger partial charge in [-0.05, 0) is 64.2 Å². The molecule has 2 unspecified atom stereocenters. The van der Waals surface area contributed by atoms with Gasteiger partial charge in [-0.25, -0.2) is 4.57 Å². The summed E-state index contributed by atoms with van der Waals surface area (Å²) in [6.45, 7) is 4.34. The zero-order chi connectivity index (χ0) is 54.9. The lowest BCUT2D eigenvalue weighted by Gasteiger charge is -2.24. The van der Waals surface area contributed by atoms with Crippen LogP contribution in [0.25, 0.3) is 0 Å². The number of hydrogen-bond donors (Lipinski definition) is 1. The van der Waals surface area contributed by atoms with Crippen molar-refractivity contribution < 1.29 is 42.1 Å². The zero-order valence-corrected chi connectivity index (χ0v) is 50.4. The van der Waals surface area contributed by atoms with Crippen LogP contribution < -0.4 is 0 Å². The van der Waals surface area contributed by atoms with Crippen molar-refractivity contribution in [2.24, 2.45) is 0 Å². The molecule has 2 atom stereocenters. The molecule has 9 nitrogen and oxygen atoms in total. The van der Waals surface area contributed by atoms with Crippen molar-refractivity contribution >= 4 is 19.8 Å². The molecule has 0 aromatic carbocycles. The predicted octanol–water partition coefficient (Wildman–Crippen LogP) is 19.7. The first-order valence-corrected chi connectivity index (χ1v) is 32.7. The number of likely N-dealkylation sites (N-methyl/N-ethyl adjacent to an activating group) is 1. The molecule has 1 N–H and O–H groups in total. The number of esters is 2. The maximum absolute atomic E-state index is 12.8. The Bertz CT molecular complexity index is 1500. The van der Waals surface area contributed by atoms with Crippen molar-refractivity contribution in [2.75, 3.05) is 47.5 Å². The molecule has 0 aliphatic heterocycles. The Hall–Kier alpha value is -2.55. The molecule has 436 valence electrons. The second-order valence-electron chi connectivity index (χ2n) is 22.1. The molecule has 0 aliphatic carbocycles. The highest BCUT2D eigenvalue weighted by Crippen LogP contribution is 2.43. The summed E-state index contributed by atoms with van der Waals surface area (Å²) in [5.41, 5.74) is 0. The Morgan fingerprint density at radius 1 is 0.427 bits per heavy atom. The SMILES string of the molecule is CC/C=C\C/C=C\C/C=C\C/C=C\C/C=C\C/C=C\CCCCCCCCCCCCCCCCCCCCCCC(=O)OC(COC(=O)CCCCCCCCCCCCCC)COP(=O)(O)OCC[N+](C)(C)C. The Morgan fingerprint density at radius 2 is 0.760 bits per heavy atom. The van der Waals surface area contributed by atoms with E-state index in [0.29, 0.717) is 23.9 Å². The number of ether oxygens (including phenoxy) is 2. The van der Waals surface area contributed by atoms with Gasteiger partial charge in [-0.2, -0.15) is 0 Å². The minimum Gasteiger partial charge on any atom is -0.462 e. The van der Waals surface area contributed by atoms with Crippen molar-refractivity contribution in [3.05, 3.63) is 72.9 Å². The van der Waals surface area contributed by atoms with Gasteiger partial charge in [0.2, 0.25) is 0 Å². The van der Waals surface area contributed by atoms with Gasteiger partial charge >= 0.3 is 19.8 Å². The third-order valence-electron chi connectivity index (χ3n) is 13.5. The largest absolute Gasteiger partial charge is 0.472 e. The summed E-state index contributed by atoms with van der Waals surface area (Å²) in [4.78, 5) is 35.6. The summed E-state index contributed by atoms with van der Waals surface area (Å²) < 4.78 is 34.5. The lowest BCUT2D eigenvalue weighted by atomic mass is 10.0. The number of allylic oxidation sites excluding steroid dienone is 12. The molecular weight excluding hydrogens is 954 g/mol. The summed E-state index contributed by atoms with van der Waals surface area (Å²) in [6.07, 6.45) is 74.3. The molecule has 0 fully saturated rings. The first-order valence-electron chi connectivity index (χ1n) is 31.2. The average Bonchev–Trinajstić information content (AvgIpc) is 3.37. The first-order chi connectivity index (χ1) is 36.5. The third-order valence-corrected chi connectivity index (χ3v) is 14.5. The van der Waals surface area contributed by atoms with E-state index in [9.17, 15) is 19.0 Å². The van der Waals surface area contributed by atoms with Crippen LogP contribution in [0.4, 0.5) is 0 Å². The molecule has 10 heteroatoms. The Kier molecular flexibility index (Phi) is 54.3. The van der Waals surface area contributed by atoms with Crippen LogP contribution in [0.15, 0.2) is 72.9 Å². The Balaban J connectivity index is 3.91. The topological polar surface area (TPSA) is 108 Å². The van der Waals surface area contributed by atoms with Crippen molar-refractivity contribution in [3.8, 4) is 0 Å². The van der Waals surface area contributed by atoms with Gasteiger partial charge in [0.05, 0.1) is 27.7 Å². The fourth-order valence-corrected chi connectivity index (χ4v) is 9.47. The van der Waals surface area contributed by atoms with E-state index < -0.39 is 26.5 Å². The highest BCUT2D eigenvalue weighted by atomic mass is 31.2. The molecule has 0 bridgehead atoms. The zero-order valence-electron chi connectivity index (χ0n) is 49.5. The van der Waals surface area contributed by atoms with Crippen LogP contribution in [-0.2, 0) is 32.7 Å². The van der Waals surface area contributed by atoms with Crippen LogP contribution >= 0.6 is 7.82 Å². The summed E-state index contributed by atoms with van der Waals surface area (Å²) >= 11 is 0. The van der Waals surface area contributed by atoms with Crippen LogP contribution in [0.5, 0.6) is 0 Å². The molecule has 0 aromatic rings. The van der Waals surface area contributed by atoms with Crippen LogP contribution in [0.3, 0.4) is 0 Å². The van der Waals surface area contributed by atoms with E-state index in [1.54, 1.807) is 0 Å². The number of quaternary nitrogens is 1. The van der Waals surface area contributed by atoms with Gasteiger partial charge in [0.25, 0.3) is 0 Å². The summed E-state index contributed by atoms with van der Waals surface area (Å²) in [6, 6.07) is 0. The highest BCUT2D eigenvalue weighted by Gasteiger charge is 2.27. The summed E-state index contributed by atoms with van der Waals surface area (Å²) in [5.74, 6) is -0.787. The van der Waals surface area contributed by atoms with Gasteiger partial charge in [0.15, 0.2) is 6.10 Å². The number of unbranched alkanes of at least 4 members (excludes halogenated alkanes) is 31. The maximum atomic E-state index is 12.8. The lowest BCUT2D eigenvalue weighted by molar-refractivity contribution is -0.870. The van der Waals surface area contributed by atoms with Crippen molar-refractivity contribution in [1.29, 1.82) is 0 Å². The number of nitrogens with zero attached hydrogens (tertiary/aromatic N) is 1. The number of carbonyl (C=O) groups excluding carboxylic acids is 2. The molecule has 0 amide bonds. The third kappa shape index (κ3) is 60.5. The minimum atomic E-state index is -4.38. The monoisotopic (exact) mass is 1070 g/mol. The number of rotatable bonds is 57. The van der Waals surface area contributed by atoms with Crippen LogP contribution in [0.1, 0.15) is 277 Å². The van der Waals surface area contributed by atoms with Crippen molar-refractivity contribution in [1.82, 2.24) is 0 Å². The highest BCUT2D eigenvalue weighted by molar-refractivity contribution is 7.47. The smallest absolute Gasteiger partial charge is 0.462 e. The van der Waals surface area contributed by atoms with E-state index >= 15 is 0 Å². The second kappa shape index (κ2) is 56.2. The van der Waals surface area contributed by atoms with Gasteiger partial charge < -0.3 is 18.9 Å². The van der Waals surface area contributed by atoms with Gasteiger partial charge in [-0.1, -0.05) is 273 Å². The van der Waals surface area contributed by atoms with Gasteiger partial charge in [-0.15, -0.1) is 0 Å². The normalized spacial score (nSPS) is 13.7. The number of hydrogen-bond acceptors (Lipinski definition) is 7. The van der Waals surface area contributed by atoms with Crippen molar-refractivity contribution in [2.45, 2.75) is 283 Å². The maximum Gasteiger partial charge on any atom is 0.472 e. The van der Waals surface area contributed by atoms with Crippen LogP contribution in [0.2, 0.25) is 0 Å². The Labute approximate surface area is 463 Å². The van der Waals surface area contributed by atoms with E-state index in [-0.39, 0.29) is 25.6 Å². The average molecular weight is 1070 g/mol. The molecule has 0 aromatic heterocycles. The van der Waals surface area contributed by atoms with E-state index in [0.717, 1.165) is 70.6 Å². The molecule has 75 heavy (non-hydrogen) atoms. The quantitative estimate of drug-likeness (QED) is 0.0211. The molecule has 0 saturated heterocycles. The van der Waals surface area contributed by atoms with E-state index in [1.165, 1.54) is 173 Å². The molecule has 0 rings (SSSR count). The molecular formula is C65H119NO8P+. The van der Waals surface area contributed by atoms with Gasteiger partial charge in [0.1, 0.15) is 19.8 Å². The molecule has 0 heterocycles. The van der Waals surface area contributed by atoms with E-state index in [4.69, 9.17) is 18.5 Å². The minimum absolute atomic E-state index is 0.0331. The summed E-state index contributed by atoms with van der Waals surface area (Å²) in [5, 5.41) is 0. The second-order valence-corrected chi connectivity index (χ2v) is 23.5. The number of carbonyl (C=O) groups is 2. The van der Waals surface area contributed by atoms with Crippen LogP contribution in [0, 0.1) is 0 Å². The fourth-order valence-electron chi connectivity index (χ4n) is 8.73. The molecule has 0 radical (unpaired) electrons. The standard InChI is InChI=1S/C65H118NO8P/c1-6-8-10-12-14-16-18-20-21-22-23-24-25-26-27-28-29-30-31-32-33-34-35-36-37-38-39-40-41-42-43-44-45-46-48-50-52-54-56-58-65(68)74-63(62-73-75(69,70)72-60-59-66(3,4)5)61-71-64(67)57-55-53-51-49-47-19-17-15-13-11-9-7-2/h8,10,14,16,20-21,23-24,26-27,29-30,63H,6-7,9,11-13,15,17-19,22,25,28,31-62H2,1-5H3/p+1/b10-8-,16-14-,21-20-,24-23-,27-26-,30-29-. The van der Waals surface area contributed by atoms with Crippen molar-refractivity contribution in [3.63, 3.8) is 0 Å². The molecule has 0 saturated carbocycles. The van der Waals surface area contributed by atoms with E-state index in [1.807, 2.05) is 21.1 Å². The number of phosphoric acid groups is 1. The first kappa shape index (κ1) is 72.5. The van der Waals surface area contributed by atoms with Gasteiger partial charge in [0, 0.05) is 12.8 Å². The Morgan fingerprint density at radius 3 is 1.13 bits per heavy atom. The molecule has 0 aliphatic rings. The molecule has 0 spiro atoms. The van der Waals surface area contributed by atoms with Crippen LogP contribution in [-0.4, -0.2) is 74.9 Å². The fraction of sp³-hybridized carbons (Fsp3) is 0.785. The number of phosphoric ester groups is 1. The predicted molar refractivity (Wildman–Crippen MR) is 321 cm³/mol. The summed E-state index contributed by atoms with van der Waals surface area (Å²) in [7, 11) is 1.49. The van der Waals surface area contributed by atoms with E-state index in [2.05, 4.69) is 86.8 Å².